The molecule has 1 fully saturated rings. The molecule has 5 nitrogen and oxygen atoms in total. The summed E-state index contributed by atoms with van der Waals surface area (Å²) in [5, 5.41) is 6.04. The van der Waals surface area contributed by atoms with Crippen molar-refractivity contribution in [2.75, 3.05) is 26.2 Å². The molecule has 1 heterocycles. The molecule has 1 unspecified atom stereocenters. The maximum absolute atomic E-state index is 13.5. The number of hydrogen-bond acceptors (Lipinski definition) is 3. The molecular weight excluding hydrogens is 345 g/mol. The molecule has 0 saturated carbocycles. The molecule has 1 aromatic carbocycles. The molecule has 140 valence electrons. The summed E-state index contributed by atoms with van der Waals surface area (Å²) in [6, 6.07) is 6.18. The van der Waals surface area contributed by atoms with Gasteiger partial charge < -0.3 is 15.5 Å². The molecule has 1 atom stereocenters. The van der Waals surface area contributed by atoms with Crippen LogP contribution in [0.2, 0.25) is 0 Å². The number of carbonyl (C=O) groups is 2. The Morgan fingerprint density at radius 1 is 1.36 bits per heavy atom. The predicted molar refractivity (Wildman–Crippen MR) is 98.1 cm³/mol. The highest BCUT2D eigenvalue weighted by Crippen LogP contribution is 2.23. The van der Waals surface area contributed by atoms with E-state index in [0.29, 0.717) is 26.2 Å². The number of halogens is 2. The maximum atomic E-state index is 13.5. The van der Waals surface area contributed by atoms with Crippen molar-refractivity contribution in [1.82, 2.24) is 15.5 Å². The minimum Gasteiger partial charge on any atom is -0.355 e. The predicted octanol–water partition coefficient (Wildman–Crippen LogP) is 2.27. The first-order chi connectivity index (χ1) is 11.3. The smallest absolute Gasteiger partial charge is 0.225 e. The molecule has 0 aliphatic carbocycles. The molecule has 1 aromatic rings. The summed E-state index contributed by atoms with van der Waals surface area (Å²) in [5.74, 6) is -0.403. The highest BCUT2D eigenvalue weighted by molar-refractivity contribution is 5.85. The van der Waals surface area contributed by atoms with Crippen LogP contribution in [0.4, 0.5) is 4.39 Å². The topological polar surface area (TPSA) is 61.4 Å². The second kappa shape index (κ2) is 9.15. The first-order valence-electron chi connectivity index (χ1n) is 8.33. The van der Waals surface area contributed by atoms with E-state index < -0.39 is 5.41 Å². The summed E-state index contributed by atoms with van der Waals surface area (Å²) in [7, 11) is 0. The normalized spacial score (nSPS) is 17.6. The summed E-state index contributed by atoms with van der Waals surface area (Å²) < 4.78 is 13.5. The van der Waals surface area contributed by atoms with Gasteiger partial charge >= 0.3 is 0 Å². The Labute approximate surface area is 154 Å². The number of carbonyl (C=O) groups excluding carboxylic acids is 2. The van der Waals surface area contributed by atoms with Gasteiger partial charge in [-0.05, 0) is 17.7 Å². The minimum absolute atomic E-state index is 0. The summed E-state index contributed by atoms with van der Waals surface area (Å²) in [6.45, 7) is 7.71. The second-order valence-electron chi connectivity index (χ2n) is 7.12. The molecule has 0 aromatic heterocycles. The van der Waals surface area contributed by atoms with Crippen LogP contribution in [0.5, 0.6) is 0 Å². The lowest BCUT2D eigenvalue weighted by atomic mass is 9.96. The summed E-state index contributed by atoms with van der Waals surface area (Å²) >= 11 is 0. The van der Waals surface area contributed by atoms with E-state index in [4.69, 9.17) is 0 Å². The number of hydrogen-bond donors (Lipinski definition) is 2. The third kappa shape index (κ3) is 5.97. The largest absolute Gasteiger partial charge is 0.355 e. The number of nitrogens with zero attached hydrogens (tertiary/aromatic N) is 1. The van der Waals surface area contributed by atoms with Gasteiger partial charge in [-0.2, -0.15) is 0 Å². The van der Waals surface area contributed by atoms with Crippen molar-refractivity contribution in [3.63, 3.8) is 0 Å². The van der Waals surface area contributed by atoms with Crippen molar-refractivity contribution in [3.8, 4) is 0 Å². The molecule has 7 heteroatoms. The minimum atomic E-state index is -0.470. The van der Waals surface area contributed by atoms with Crippen LogP contribution in [-0.2, 0) is 9.59 Å². The molecule has 0 bridgehead atoms. The Morgan fingerprint density at radius 2 is 2.08 bits per heavy atom. The Hall–Kier alpha value is -1.66. The van der Waals surface area contributed by atoms with E-state index in [9.17, 15) is 14.0 Å². The number of nitrogens with one attached hydrogen (secondary N) is 2. The van der Waals surface area contributed by atoms with Gasteiger partial charge in [0.05, 0.1) is 6.04 Å². The van der Waals surface area contributed by atoms with Crippen LogP contribution < -0.4 is 10.6 Å². The Balaban J connectivity index is 0.00000312. The fraction of sp³-hybridized carbons (Fsp3) is 0.556. The molecule has 2 N–H and O–H groups in total. The number of rotatable bonds is 4. The van der Waals surface area contributed by atoms with E-state index in [1.807, 2.05) is 26.8 Å². The van der Waals surface area contributed by atoms with Gasteiger partial charge in [-0.25, -0.2) is 4.39 Å². The molecular formula is C18H27ClFN3O2. The van der Waals surface area contributed by atoms with Crippen molar-refractivity contribution < 1.29 is 14.0 Å². The SMILES string of the molecule is CC(C)(C)C(=O)NCCC(=O)N1CCNCC1c1cccc(F)c1.Cl. The lowest BCUT2D eigenvalue weighted by molar-refractivity contribution is -0.134. The third-order valence-electron chi connectivity index (χ3n) is 4.10. The van der Waals surface area contributed by atoms with E-state index in [2.05, 4.69) is 10.6 Å². The zero-order chi connectivity index (χ0) is 17.7. The van der Waals surface area contributed by atoms with Crippen molar-refractivity contribution in [1.29, 1.82) is 0 Å². The number of benzene rings is 1. The monoisotopic (exact) mass is 371 g/mol. The van der Waals surface area contributed by atoms with Crippen molar-refractivity contribution in [3.05, 3.63) is 35.6 Å². The van der Waals surface area contributed by atoms with Crippen molar-refractivity contribution in [2.45, 2.75) is 33.2 Å². The molecule has 1 aliphatic rings. The standard InChI is InChI=1S/C18H26FN3O2.ClH/c1-18(2,3)17(24)21-8-7-16(23)22-10-9-20-12-15(22)13-5-4-6-14(19)11-13;/h4-6,11,15,20H,7-10,12H2,1-3H3,(H,21,24);1H. The van der Waals surface area contributed by atoms with E-state index in [-0.39, 0.29) is 42.5 Å². The third-order valence-corrected chi connectivity index (χ3v) is 4.10. The molecule has 1 saturated heterocycles. The van der Waals surface area contributed by atoms with E-state index >= 15 is 0 Å². The first kappa shape index (κ1) is 21.4. The maximum Gasteiger partial charge on any atom is 0.225 e. The molecule has 25 heavy (non-hydrogen) atoms. The van der Waals surface area contributed by atoms with Crippen LogP contribution in [-0.4, -0.2) is 42.9 Å². The fourth-order valence-corrected chi connectivity index (χ4v) is 2.71. The van der Waals surface area contributed by atoms with E-state index in [1.54, 1.807) is 11.0 Å². The van der Waals surface area contributed by atoms with Crippen LogP contribution in [0.3, 0.4) is 0 Å². The quantitative estimate of drug-likeness (QED) is 0.853. The van der Waals surface area contributed by atoms with Gasteiger partial charge in [0, 0.05) is 38.0 Å². The van der Waals surface area contributed by atoms with Gasteiger partial charge in [0.1, 0.15) is 5.82 Å². The van der Waals surface area contributed by atoms with Crippen LogP contribution >= 0.6 is 12.4 Å². The van der Waals surface area contributed by atoms with Gasteiger partial charge in [0.25, 0.3) is 0 Å². The van der Waals surface area contributed by atoms with Crippen LogP contribution in [0, 0.1) is 11.2 Å². The molecule has 2 rings (SSSR count). The van der Waals surface area contributed by atoms with Crippen molar-refractivity contribution >= 4 is 24.2 Å². The lowest BCUT2D eigenvalue weighted by Crippen LogP contribution is -2.49. The molecule has 2 amide bonds. The van der Waals surface area contributed by atoms with Gasteiger partial charge in [-0.3, -0.25) is 9.59 Å². The van der Waals surface area contributed by atoms with Gasteiger partial charge in [0.15, 0.2) is 0 Å². The average Bonchev–Trinajstić information content (AvgIpc) is 2.53. The average molecular weight is 372 g/mol. The van der Waals surface area contributed by atoms with Gasteiger partial charge in [0.2, 0.25) is 11.8 Å². The summed E-state index contributed by atoms with van der Waals surface area (Å²) in [6.07, 6.45) is 0.244. The van der Waals surface area contributed by atoms with Gasteiger partial charge in [-0.1, -0.05) is 32.9 Å². The fourth-order valence-electron chi connectivity index (χ4n) is 2.71. The van der Waals surface area contributed by atoms with Crippen molar-refractivity contribution in [2.24, 2.45) is 5.41 Å². The lowest BCUT2D eigenvalue weighted by Gasteiger charge is -2.36. The Bertz CT molecular complexity index is 604. The number of piperazine rings is 1. The van der Waals surface area contributed by atoms with Crippen LogP contribution in [0.25, 0.3) is 0 Å². The summed E-state index contributed by atoms with van der Waals surface area (Å²) in [4.78, 5) is 26.2. The Morgan fingerprint density at radius 3 is 2.72 bits per heavy atom. The zero-order valence-electron chi connectivity index (χ0n) is 15.0. The van der Waals surface area contributed by atoms with E-state index in [1.165, 1.54) is 12.1 Å². The highest BCUT2D eigenvalue weighted by atomic mass is 35.5. The van der Waals surface area contributed by atoms with E-state index in [0.717, 1.165) is 5.56 Å². The first-order valence-corrected chi connectivity index (χ1v) is 8.33. The second-order valence-corrected chi connectivity index (χ2v) is 7.12. The van der Waals surface area contributed by atoms with Crippen LogP contribution in [0.1, 0.15) is 38.8 Å². The van der Waals surface area contributed by atoms with Gasteiger partial charge in [-0.15, -0.1) is 12.4 Å². The molecule has 1 aliphatic heterocycles. The highest BCUT2D eigenvalue weighted by Gasteiger charge is 2.28. The Kier molecular flexibility index (Phi) is 7.83. The molecule has 0 radical (unpaired) electrons. The number of amides is 2. The van der Waals surface area contributed by atoms with Crippen LogP contribution in [0.15, 0.2) is 24.3 Å². The summed E-state index contributed by atoms with van der Waals surface area (Å²) in [5.41, 5.74) is 0.316. The molecule has 0 spiro atoms. The zero-order valence-corrected chi connectivity index (χ0v) is 15.8.